The molecule has 0 N–H and O–H groups in total. The van der Waals surface area contributed by atoms with E-state index in [4.69, 9.17) is 4.52 Å². The molecule has 0 radical (unpaired) electrons. The van der Waals surface area contributed by atoms with Crippen LogP contribution in [0, 0.1) is 5.82 Å². The van der Waals surface area contributed by atoms with Gasteiger partial charge in [0.2, 0.25) is 5.27 Å². The third-order valence-electron chi connectivity index (χ3n) is 4.60. The largest absolute Gasteiger partial charge is 0.861 e. The van der Waals surface area contributed by atoms with Crippen molar-refractivity contribution in [2.75, 3.05) is 10.7 Å². The maximum atomic E-state index is 14.1. The molecule has 2 aromatic carbocycles. The van der Waals surface area contributed by atoms with E-state index in [1.807, 2.05) is 19.9 Å². The molecule has 0 unspecified atom stereocenters. The maximum Gasteiger partial charge on any atom is 0.320 e. The molecule has 8 nitrogen and oxygen atoms in total. The van der Waals surface area contributed by atoms with Crippen LogP contribution in [-0.2, 0) is 4.79 Å². The lowest BCUT2D eigenvalue weighted by Crippen LogP contribution is -2.36. The predicted molar refractivity (Wildman–Crippen MR) is 122 cm³/mol. The molecule has 0 saturated carbocycles. The molecule has 1 aliphatic rings. The van der Waals surface area contributed by atoms with Crippen LogP contribution in [0.1, 0.15) is 25.5 Å². The number of carbonyl (C=O) groups is 1. The fourth-order valence-corrected chi connectivity index (χ4v) is 3.76. The molecule has 168 valence electrons. The van der Waals surface area contributed by atoms with E-state index in [0.717, 1.165) is 11.8 Å². The zero-order chi connectivity index (χ0) is 23.4. The number of halogens is 1. The lowest BCUT2D eigenvalue weighted by Gasteiger charge is -2.18. The second-order valence-corrected chi connectivity index (χ2v) is 8.27. The van der Waals surface area contributed by atoms with Gasteiger partial charge in [-0.2, -0.15) is 0 Å². The number of amides is 1. The van der Waals surface area contributed by atoms with Crippen molar-refractivity contribution in [2.24, 2.45) is 9.98 Å². The summed E-state index contributed by atoms with van der Waals surface area (Å²) in [7, 11) is 0. The van der Waals surface area contributed by atoms with Crippen LogP contribution in [0.2, 0.25) is 0 Å². The molecule has 0 aliphatic carbocycles. The molecule has 1 aliphatic heterocycles. The number of hydrogen-bond acceptors (Lipinski definition) is 7. The molecular weight excluding hydrogens is 445 g/mol. The Kier molecular flexibility index (Phi) is 6.64. The van der Waals surface area contributed by atoms with Gasteiger partial charge >= 0.3 is 5.88 Å². The summed E-state index contributed by atoms with van der Waals surface area (Å²) >= 11 is 1.06. The Balaban J connectivity index is 1.59. The van der Waals surface area contributed by atoms with E-state index in [1.54, 1.807) is 47.1 Å². The van der Waals surface area contributed by atoms with Gasteiger partial charge in [0.1, 0.15) is 11.5 Å². The Morgan fingerprint density at radius 1 is 1.24 bits per heavy atom. The first-order chi connectivity index (χ1) is 15.9. The van der Waals surface area contributed by atoms with E-state index >= 15 is 0 Å². The molecule has 0 saturated heterocycles. The summed E-state index contributed by atoms with van der Waals surface area (Å²) in [6, 6.07) is 15.1. The van der Waals surface area contributed by atoms with Crippen LogP contribution >= 0.6 is 11.8 Å². The Hall–Kier alpha value is -3.79. The second-order valence-electron chi connectivity index (χ2n) is 7.33. The minimum Gasteiger partial charge on any atom is -0.861 e. The van der Waals surface area contributed by atoms with E-state index in [2.05, 4.69) is 15.3 Å². The number of benzene rings is 2. The molecular formula is C23H20FN5O3S. The van der Waals surface area contributed by atoms with Gasteiger partial charge in [-0.3, -0.25) is 14.2 Å². The van der Waals surface area contributed by atoms with Crippen LogP contribution in [0.4, 0.5) is 16.0 Å². The van der Waals surface area contributed by atoms with Crippen molar-refractivity contribution in [3.63, 3.8) is 0 Å². The van der Waals surface area contributed by atoms with Crippen molar-refractivity contribution in [2.45, 2.75) is 19.9 Å². The van der Waals surface area contributed by atoms with Gasteiger partial charge in [-0.05, 0) is 48.7 Å². The van der Waals surface area contributed by atoms with Gasteiger partial charge in [0.25, 0.3) is 12.1 Å². The van der Waals surface area contributed by atoms with Crippen LogP contribution < -0.4 is 14.7 Å². The van der Waals surface area contributed by atoms with E-state index in [1.165, 1.54) is 23.2 Å². The predicted octanol–water partition coefficient (Wildman–Crippen LogP) is 3.25. The molecule has 1 amide bonds. The quantitative estimate of drug-likeness (QED) is 0.241. The van der Waals surface area contributed by atoms with Crippen molar-refractivity contribution >= 4 is 46.4 Å². The van der Waals surface area contributed by atoms with Gasteiger partial charge in [0, 0.05) is 11.3 Å². The summed E-state index contributed by atoms with van der Waals surface area (Å²) in [5, 5.41) is 16.5. The van der Waals surface area contributed by atoms with Gasteiger partial charge < -0.3 is 5.11 Å². The Labute approximate surface area is 193 Å². The van der Waals surface area contributed by atoms with E-state index in [9.17, 15) is 14.3 Å². The Morgan fingerprint density at radius 3 is 2.67 bits per heavy atom. The minimum atomic E-state index is -0.471. The lowest BCUT2D eigenvalue weighted by atomic mass is 10.1. The lowest BCUT2D eigenvalue weighted by molar-refractivity contribution is -0.779. The van der Waals surface area contributed by atoms with Crippen molar-refractivity contribution in [1.82, 2.24) is 5.27 Å². The molecule has 3 aromatic rings. The fourth-order valence-electron chi connectivity index (χ4n) is 2.96. The average Bonchev–Trinajstić information content (AvgIpc) is 3.39. The summed E-state index contributed by atoms with van der Waals surface area (Å²) in [6.07, 6.45) is 2.93. The van der Waals surface area contributed by atoms with Crippen molar-refractivity contribution in [3.05, 3.63) is 77.9 Å². The summed E-state index contributed by atoms with van der Waals surface area (Å²) in [4.78, 5) is 22.8. The molecule has 1 aromatic heterocycles. The average molecular weight is 466 g/mol. The van der Waals surface area contributed by atoms with Crippen LogP contribution in [0.25, 0.3) is 6.08 Å². The number of hydrogen-bond donors (Lipinski definition) is 0. The minimum absolute atomic E-state index is 0.0696. The third kappa shape index (κ3) is 5.17. The van der Waals surface area contributed by atoms with Crippen molar-refractivity contribution in [3.8, 4) is 0 Å². The van der Waals surface area contributed by atoms with Gasteiger partial charge in [-0.15, -0.1) is 0 Å². The van der Waals surface area contributed by atoms with Crippen LogP contribution in [0.5, 0.6) is 0 Å². The normalized spacial score (nSPS) is 15.6. The second kappa shape index (κ2) is 9.78. The van der Waals surface area contributed by atoms with E-state index in [-0.39, 0.29) is 28.9 Å². The van der Waals surface area contributed by atoms with Gasteiger partial charge in [0.15, 0.2) is 11.2 Å². The van der Waals surface area contributed by atoms with E-state index in [0.29, 0.717) is 10.9 Å². The van der Waals surface area contributed by atoms with Crippen molar-refractivity contribution < 1.29 is 23.5 Å². The highest BCUT2D eigenvalue weighted by Crippen LogP contribution is 2.29. The molecule has 33 heavy (non-hydrogen) atoms. The van der Waals surface area contributed by atoms with Crippen LogP contribution in [0.3, 0.4) is 0 Å². The number of carbonyl (C=O) groups excluding carboxylic acids is 1. The number of para-hydroxylation sites is 1. The number of rotatable bonds is 6. The molecule has 2 heterocycles. The molecule has 0 fully saturated rings. The number of amidine groups is 1. The topological polar surface area (TPSA) is 98.0 Å². The summed E-state index contributed by atoms with van der Waals surface area (Å²) in [5.74, 6) is -1.32. The molecule has 0 atom stereocenters. The fraction of sp³-hybridized carbons (Fsp3) is 0.174. The summed E-state index contributed by atoms with van der Waals surface area (Å²) < 4.78 is 20.7. The number of thioether (sulfide) groups is 1. The van der Waals surface area contributed by atoms with Gasteiger partial charge in [0.05, 0.1) is 5.69 Å². The monoisotopic (exact) mass is 465 g/mol. The molecule has 10 heteroatoms. The number of nitrogens with zero attached hydrogens (tertiary/aromatic N) is 5. The Bertz CT molecular complexity index is 1250. The highest BCUT2D eigenvalue weighted by Gasteiger charge is 2.32. The first kappa shape index (κ1) is 22.4. The SMILES string of the molecule is CC(C)[n+]1cc(/N=C(\[O-])CSC2=N/C(=C/c3ccccc3F)C(=O)N2c2ccccc2)on1. The number of aliphatic imine (C=N–C) groups is 2. The number of anilines is 1. The smallest absolute Gasteiger partial charge is 0.320 e. The highest BCUT2D eigenvalue weighted by molar-refractivity contribution is 8.14. The van der Waals surface area contributed by atoms with E-state index < -0.39 is 17.6 Å². The standard InChI is InChI=1S/C23H20FN5O3S/c1-15(2)28-13-21(32-27-28)26-20(30)14-33-23-25-19(12-16-8-6-7-11-18(16)24)22(31)29(23)17-9-4-3-5-10-17/h3-13,15H,14H2,1-2H3/b19-12+. The maximum absolute atomic E-state index is 14.1. The summed E-state index contributed by atoms with van der Waals surface area (Å²) in [6.45, 7) is 3.84. The number of aromatic nitrogens is 2. The molecule has 4 rings (SSSR count). The van der Waals surface area contributed by atoms with Gasteiger partial charge in [-0.25, -0.2) is 14.4 Å². The first-order valence-electron chi connectivity index (χ1n) is 10.1. The third-order valence-corrected chi connectivity index (χ3v) is 5.52. The van der Waals surface area contributed by atoms with Crippen LogP contribution in [0.15, 0.2) is 81.0 Å². The molecule has 0 bridgehead atoms. The zero-order valence-electron chi connectivity index (χ0n) is 17.9. The first-order valence-corrected chi connectivity index (χ1v) is 11.1. The van der Waals surface area contributed by atoms with Gasteiger partial charge in [-0.1, -0.05) is 48.2 Å². The Morgan fingerprint density at radius 2 is 1.97 bits per heavy atom. The summed E-state index contributed by atoms with van der Waals surface area (Å²) in [5.41, 5.74) is 0.908. The van der Waals surface area contributed by atoms with Crippen LogP contribution in [-0.4, -0.2) is 28.0 Å². The van der Waals surface area contributed by atoms with Crippen molar-refractivity contribution in [1.29, 1.82) is 0 Å². The molecule has 0 spiro atoms. The highest BCUT2D eigenvalue weighted by atomic mass is 32.2. The zero-order valence-corrected chi connectivity index (χ0v) is 18.7.